The summed E-state index contributed by atoms with van der Waals surface area (Å²) in [7, 11) is -3.69. The first-order valence-electron chi connectivity index (χ1n) is 6.14. The van der Waals surface area contributed by atoms with E-state index in [1.54, 1.807) is 11.3 Å². The van der Waals surface area contributed by atoms with Crippen molar-refractivity contribution in [3.63, 3.8) is 0 Å². The van der Waals surface area contributed by atoms with Gasteiger partial charge in [0.15, 0.2) is 0 Å². The van der Waals surface area contributed by atoms with Crippen LogP contribution in [0, 0.1) is 0 Å². The summed E-state index contributed by atoms with van der Waals surface area (Å²) in [5.41, 5.74) is 6.08. The number of nitrogens with one attached hydrogen (secondary N) is 1. The van der Waals surface area contributed by atoms with E-state index >= 15 is 0 Å². The molecule has 0 atom stereocenters. The molecule has 21 heavy (non-hydrogen) atoms. The average molecular weight is 365 g/mol. The standard InChI is InChI=1S/C13H14Cl2N2O2S2/c14-11-7-12(15)13(6-9(11)8-16)21(18,19)17-4-3-10-2-1-5-20-10/h1-2,5-7,17H,3-4,8,16H2. The van der Waals surface area contributed by atoms with Crippen LogP contribution in [0.15, 0.2) is 34.5 Å². The van der Waals surface area contributed by atoms with Gasteiger partial charge in [-0.25, -0.2) is 13.1 Å². The van der Waals surface area contributed by atoms with E-state index in [2.05, 4.69) is 4.72 Å². The van der Waals surface area contributed by atoms with E-state index in [0.29, 0.717) is 23.6 Å². The summed E-state index contributed by atoms with van der Waals surface area (Å²) in [6.07, 6.45) is 0.631. The van der Waals surface area contributed by atoms with Crippen LogP contribution in [0.3, 0.4) is 0 Å². The zero-order valence-electron chi connectivity index (χ0n) is 11.0. The fourth-order valence-electron chi connectivity index (χ4n) is 1.77. The highest BCUT2D eigenvalue weighted by Crippen LogP contribution is 2.28. The number of rotatable bonds is 6. The van der Waals surface area contributed by atoms with Gasteiger partial charge in [-0.15, -0.1) is 11.3 Å². The maximum Gasteiger partial charge on any atom is 0.242 e. The van der Waals surface area contributed by atoms with Crippen LogP contribution in [0.1, 0.15) is 10.4 Å². The SMILES string of the molecule is NCc1cc(S(=O)(=O)NCCc2cccs2)c(Cl)cc1Cl. The highest BCUT2D eigenvalue weighted by atomic mass is 35.5. The second-order valence-corrected chi connectivity index (χ2v) is 7.89. The van der Waals surface area contributed by atoms with Gasteiger partial charge in [0, 0.05) is 23.0 Å². The number of sulfonamides is 1. The first-order valence-corrected chi connectivity index (χ1v) is 9.26. The van der Waals surface area contributed by atoms with Gasteiger partial charge in [0.25, 0.3) is 0 Å². The van der Waals surface area contributed by atoms with Gasteiger partial charge in [0.2, 0.25) is 10.0 Å². The van der Waals surface area contributed by atoms with Gasteiger partial charge < -0.3 is 5.73 Å². The Labute approximate surface area is 137 Å². The summed E-state index contributed by atoms with van der Waals surface area (Å²) in [6, 6.07) is 6.70. The molecule has 1 aromatic heterocycles. The Morgan fingerprint density at radius 3 is 2.62 bits per heavy atom. The molecule has 1 aromatic carbocycles. The molecule has 0 fully saturated rings. The summed E-state index contributed by atoms with van der Waals surface area (Å²) in [4.78, 5) is 1.11. The Bertz CT molecular complexity index is 716. The van der Waals surface area contributed by atoms with Crippen molar-refractivity contribution in [2.45, 2.75) is 17.9 Å². The topological polar surface area (TPSA) is 72.2 Å². The third kappa shape index (κ3) is 4.18. The molecular weight excluding hydrogens is 351 g/mol. The van der Waals surface area contributed by atoms with Crippen molar-refractivity contribution in [2.24, 2.45) is 5.73 Å². The highest BCUT2D eigenvalue weighted by Gasteiger charge is 2.19. The van der Waals surface area contributed by atoms with Gasteiger partial charge in [-0.3, -0.25) is 0 Å². The van der Waals surface area contributed by atoms with E-state index in [-0.39, 0.29) is 16.5 Å². The number of hydrogen-bond acceptors (Lipinski definition) is 4. The lowest BCUT2D eigenvalue weighted by Gasteiger charge is -2.10. The normalized spacial score (nSPS) is 11.8. The first kappa shape index (κ1) is 16.7. The minimum atomic E-state index is -3.69. The van der Waals surface area contributed by atoms with Crippen molar-refractivity contribution < 1.29 is 8.42 Å². The maximum atomic E-state index is 12.3. The third-order valence-corrected chi connectivity index (χ3v) is 6.07. The molecule has 2 rings (SSSR count). The second kappa shape index (κ2) is 7.09. The number of nitrogens with two attached hydrogens (primary N) is 1. The van der Waals surface area contributed by atoms with E-state index in [0.717, 1.165) is 4.88 Å². The van der Waals surface area contributed by atoms with Crippen LogP contribution < -0.4 is 10.5 Å². The number of benzene rings is 1. The predicted octanol–water partition coefficient (Wildman–Crippen LogP) is 3.03. The van der Waals surface area contributed by atoms with Crippen molar-refractivity contribution in [2.75, 3.05) is 6.54 Å². The van der Waals surface area contributed by atoms with Crippen molar-refractivity contribution in [3.05, 3.63) is 50.1 Å². The van der Waals surface area contributed by atoms with Gasteiger partial charge in [0.05, 0.1) is 5.02 Å². The number of hydrogen-bond donors (Lipinski definition) is 2. The predicted molar refractivity (Wildman–Crippen MR) is 87.6 cm³/mol. The summed E-state index contributed by atoms with van der Waals surface area (Å²) in [6.45, 7) is 0.452. The number of halogens is 2. The van der Waals surface area contributed by atoms with Gasteiger partial charge in [-0.2, -0.15) is 0 Å². The fourth-order valence-corrected chi connectivity index (χ4v) is 4.39. The number of thiophene rings is 1. The van der Waals surface area contributed by atoms with Crippen LogP contribution >= 0.6 is 34.5 Å². The highest BCUT2D eigenvalue weighted by molar-refractivity contribution is 7.89. The molecule has 0 saturated carbocycles. The van der Waals surface area contributed by atoms with Crippen LogP contribution in [0.4, 0.5) is 0 Å². The van der Waals surface area contributed by atoms with Gasteiger partial charge in [0.1, 0.15) is 4.90 Å². The van der Waals surface area contributed by atoms with E-state index in [4.69, 9.17) is 28.9 Å². The Hall–Kier alpha value is -0.630. The molecule has 0 aliphatic heterocycles. The Balaban J connectivity index is 2.15. The monoisotopic (exact) mass is 364 g/mol. The van der Waals surface area contributed by atoms with Gasteiger partial charge >= 0.3 is 0 Å². The lowest BCUT2D eigenvalue weighted by Crippen LogP contribution is -2.26. The molecule has 3 N–H and O–H groups in total. The Kier molecular flexibility index (Phi) is 5.65. The maximum absolute atomic E-state index is 12.3. The molecule has 4 nitrogen and oxygen atoms in total. The molecule has 2 aromatic rings. The van der Waals surface area contributed by atoms with Crippen LogP contribution in [0.2, 0.25) is 10.0 Å². The molecule has 0 aliphatic rings. The smallest absolute Gasteiger partial charge is 0.242 e. The van der Waals surface area contributed by atoms with Gasteiger partial charge in [-0.1, -0.05) is 29.3 Å². The summed E-state index contributed by atoms with van der Waals surface area (Å²) < 4.78 is 27.1. The van der Waals surface area contributed by atoms with Crippen LogP contribution in [0.5, 0.6) is 0 Å². The van der Waals surface area contributed by atoms with E-state index < -0.39 is 10.0 Å². The van der Waals surface area contributed by atoms with Crippen LogP contribution in [-0.2, 0) is 23.0 Å². The average Bonchev–Trinajstić information content (AvgIpc) is 2.91. The zero-order chi connectivity index (χ0) is 15.5. The third-order valence-electron chi connectivity index (χ3n) is 2.85. The summed E-state index contributed by atoms with van der Waals surface area (Å²) in [5, 5.41) is 2.40. The molecule has 1 heterocycles. The Morgan fingerprint density at radius 2 is 2.00 bits per heavy atom. The molecule has 0 bridgehead atoms. The summed E-state index contributed by atoms with van der Waals surface area (Å²) in [5.74, 6) is 0. The zero-order valence-corrected chi connectivity index (χ0v) is 14.1. The molecule has 114 valence electrons. The molecule has 0 unspecified atom stereocenters. The molecule has 0 radical (unpaired) electrons. The summed E-state index contributed by atoms with van der Waals surface area (Å²) >= 11 is 13.5. The molecule has 0 saturated heterocycles. The van der Waals surface area contributed by atoms with Crippen molar-refractivity contribution in [3.8, 4) is 0 Å². The van der Waals surface area contributed by atoms with Crippen molar-refractivity contribution >= 4 is 44.6 Å². The molecule has 8 heteroatoms. The molecule has 0 spiro atoms. The Morgan fingerprint density at radius 1 is 1.24 bits per heavy atom. The van der Waals surface area contributed by atoms with Crippen LogP contribution in [0.25, 0.3) is 0 Å². The fraction of sp³-hybridized carbons (Fsp3) is 0.231. The van der Waals surface area contributed by atoms with Crippen molar-refractivity contribution in [1.29, 1.82) is 0 Å². The minimum Gasteiger partial charge on any atom is -0.326 e. The lowest BCUT2D eigenvalue weighted by molar-refractivity contribution is 0.582. The molecule has 0 amide bonds. The minimum absolute atomic E-state index is 0.000182. The largest absolute Gasteiger partial charge is 0.326 e. The van der Waals surface area contributed by atoms with E-state index in [9.17, 15) is 8.42 Å². The quantitative estimate of drug-likeness (QED) is 0.827. The van der Waals surface area contributed by atoms with Gasteiger partial charge in [-0.05, 0) is 35.6 Å². The van der Waals surface area contributed by atoms with E-state index in [1.807, 2.05) is 17.5 Å². The molecular formula is C13H14Cl2N2O2S2. The molecule has 0 aliphatic carbocycles. The van der Waals surface area contributed by atoms with Crippen molar-refractivity contribution in [1.82, 2.24) is 4.72 Å². The van der Waals surface area contributed by atoms with E-state index in [1.165, 1.54) is 12.1 Å². The first-order chi connectivity index (χ1) is 9.94. The lowest BCUT2D eigenvalue weighted by atomic mass is 10.2. The second-order valence-electron chi connectivity index (χ2n) is 4.31. The van der Waals surface area contributed by atoms with Crippen LogP contribution in [-0.4, -0.2) is 15.0 Å².